The molecule has 1 amide bonds. The largest absolute Gasteiger partial charge is 0.342 e. The van der Waals surface area contributed by atoms with Gasteiger partial charge in [0.1, 0.15) is 0 Å². The zero-order valence-electron chi connectivity index (χ0n) is 9.21. The van der Waals surface area contributed by atoms with E-state index >= 15 is 0 Å². The van der Waals surface area contributed by atoms with E-state index in [0.717, 1.165) is 51.2 Å². The van der Waals surface area contributed by atoms with Crippen LogP contribution in [0.3, 0.4) is 0 Å². The van der Waals surface area contributed by atoms with Gasteiger partial charge >= 0.3 is 0 Å². The zero-order chi connectivity index (χ0) is 10.5. The molecule has 0 radical (unpaired) electrons. The summed E-state index contributed by atoms with van der Waals surface area (Å²) in [6.07, 6.45) is 3.39. The maximum Gasteiger partial charge on any atom is 0.226 e. The van der Waals surface area contributed by atoms with Crippen LogP contribution in [-0.2, 0) is 4.79 Å². The van der Waals surface area contributed by atoms with Gasteiger partial charge in [0, 0.05) is 25.4 Å². The van der Waals surface area contributed by atoms with Gasteiger partial charge < -0.3 is 10.2 Å². The van der Waals surface area contributed by atoms with E-state index in [1.165, 1.54) is 5.75 Å². The molecule has 2 heterocycles. The summed E-state index contributed by atoms with van der Waals surface area (Å²) in [5.41, 5.74) is 0. The molecular weight excluding hydrogens is 208 g/mol. The van der Waals surface area contributed by atoms with Gasteiger partial charge in [0.2, 0.25) is 5.91 Å². The summed E-state index contributed by atoms with van der Waals surface area (Å²) >= 11 is 1.97. The van der Waals surface area contributed by atoms with Gasteiger partial charge in [0.25, 0.3) is 0 Å². The van der Waals surface area contributed by atoms with Crippen molar-refractivity contribution in [3.05, 3.63) is 0 Å². The fraction of sp³-hybridized carbons (Fsp3) is 0.909. The second-order valence-electron chi connectivity index (χ2n) is 4.33. The second kappa shape index (κ2) is 5.75. The Balaban J connectivity index is 1.87. The molecule has 2 rings (SSSR count). The molecule has 2 aliphatic heterocycles. The Bertz CT molecular complexity index is 209. The quantitative estimate of drug-likeness (QED) is 0.725. The van der Waals surface area contributed by atoms with Crippen LogP contribution in [0.1, 0.15) is 19.3 Å². The first-order valence-corrected chi connectivity index (χ1v) is 7.10. The summed E-state index contributed by atoms with van der Waals surface area (Å²) in [4.78, 5) is 14.3. The minimum absolute atomic E-state index is 0.252. The Hall–Kier alpha value is -0.220. The summed E-state index contributed by atoms with van der Waals surface area (Å²) in [5.74, 6) is 2.98. The normalized spacial score (nSPS) is 28.5. The summed E-state index contributed by atoms with van der Waals surface area (Å²) in [5, 5.41) is 3.32. The number of nitrogens with one attached hydrogen (secondary N) is 1. The number of thioether (sulfide) groups is 1. The molecule has 2 fully saturated rings. The highest BCUT2D eigenvalue weighted by molar-refractivity contribution is 7.99. The standard InChI is InChI=1S/C11H20N2OS/c14-11(10-3-1-4-12-9-10)13-5-2-7-15-8-6-13/h10,12H,1-9H2. The van der Waals surface area contributed by atoms with Crippen LogP contribution >= 0.6 is 11.8 Å². The molecule has 0 aromatic carbocycles. The van der Waals surface area contributed by atoms with Crippen molar-refractivity contribution in [3.8, 4) is 0 Å². The van der Waals surface area contributed by atoms with E-state index in [-0.39, 0.29) is 5.92 Å². The van der Waals surface area contributed by atoms with Crippen LogP contribution in [0, 0.1) is 5.92 Å². The van der Waals surface area contributed by atoms with Crippen LogP contribution < -0.4 is 5.32 Å². The SMILES string of the molecule is O=C(C1CCCNC1)N1CCCSCC1. The van der Waals surface area contributed by atoms with Crippen LogP contribution in [0.2, 0.25) is 0 Å². The highest BCUT2D eigenvalue weighted by Gasteiger charge is 2.25. The topological polar surface area (TPSA) is 32.3 Å². The molecule has 4 heteroatoms. The van der Waals surface area contributed by atoms with Crippen molar-refractivity contribution in [2.75, 3.05) is 37.7 Å². The van der Waals surface area contributed by atoms with E-state index in [1.807, 2.05) is 11.8 Å². The number of carbonyl (C=O) groups excluding carboxylic acids is 1. The zero-order valence-corrected chi connectivity index (χ0v) is 10.0. The average molecular weight is 228 g/mol. The summed E-state index contributed by atoms with van der Waals surface area (Å²) in [7, 11) is 0. The number of nitrogens with zero attached hydrogens (tertiary/aromatic N) is 1. The number of hydrogen-bond donors (Lipinski definition) is 1. The molecule has 3 nitrogen and oxygen atoms in total. The van der Waals surface area contributed by atoms with Crippen molar-refractivity contribution in [1.82, 2.24) is 10.2 Å². The minimum atomic E-state index is 0.252. The van der Waals surface area contributed by atoms with Gasteiger partial charge in [0.05, 0.1) is 5.92 Å². The first-order valence-electron chi connectivity index (χ1n) is 5.95. The van der Waals surface area contributed by atoms with Crippen molar-refractivity contribution >= 4 is 17.7 Å². The molecule has 0 aromatic heterocycles. The van der Waals surface area contributed by atoms with Gasteiger partial charge in [0.15, 0.2) is 0 Å². The number of amides is 1. The summed E-state index contributed by atoms with van der Waals surface area (Å²) < 4.78 is 0. The Labute approximate surface area is 96.0 Å². The highest BCUT2D eigenvalue weighted by atomic mass is 32.2. The van der Waals surface area contributed by atoms with E-state index in [4.69, 9.17) is 0 Å². The average Bonchev–Trinajstić information content (AvgIpc) is 2.58. The van der Waals surface area contributed by atoms with Gasteiger partial charge in [-0.05, 0) is 31.6 Å². The molecule has 0 bridgehead atoms. The fourth-order valence-corrected chi connectivity index (χ4v) is 3.17. The number of carbonyl (C=O) groups is 1. The van der Waals surface area contributed by atoms with Gasteiger partial charge in [-0.25, -0.2) is 0 Å². The van der Waals surface area contributed by atoms with E-state index in [0.29, 0.717) is 5.91 Å². The molecule has 2 aliphatic rings. The number of hydrogen-bond acceptors (Lipinski definition) is 3. The lowest BCUT2D eigenvalue weighted by Crippen LogP contribution is -2.43. The van der Waals surface area contributed by atoms with Crippen molar-refractivity contribution in [2.45, 2.75) is 19.3 Å². The molecule has 86 valence electrons. The molecule has 0 spiro atoms. The Kier molecular flexibility index (Phi) is 4.32. The number of rotatable bonds is 1. The molecule has 1 unspecified atom stereocenters. The van der Waals surface area contributed by atoms with Crippen LogP contribution in [0.15, 0.2) is 0 Å². The molecule has 0 aromatic rings. The van der Waals surface area contributed by atoms with E-state index < -0.39 is 0 Å². The smallest absolute Gasteiger partial charge is 0.226 e. The van der Waals surface area contributed by atoms with Crippen molar-refractivity contribution in [1.29, 1.82) is 0 Å². The van der Waals surface area contributed by atoms with Gasteiger partial charge in [-0.2, -0.15) is 11.8 Å². The van der Waals surface area contributed by atoms with E-state index in [2.05, 4.69) is 10.2 Å². The third kappa shape index (κ3) is 3.11. The Morgan fingerprint density at radius 2 is 2.20 bits per heavy atom. The second-order valence-corrected chi connectivity index (χ2v) is 5.56. The lowest BCUT2D eigenvalue weighted by Gasteiger charge is -2.28. The van der Waals surface area contributed by atoms with E-state index in [9.17, 15) is 4.79 Å². The van der Waals surface area contributed by atoms with E-state index in [1.54, 1.807) is 0 Å². The molecule has 0 saturated carbocycles. The maximum absolute atomic E-state index is 12.2. The van der Waals surface area contributed by atoms with Gasteiger partial charge in [-0.1, -0.05) is 0 Å². The van der Waals surface area contributed by atoms with Crippen LogP contribution in [0.25, 0.3) is 0 Å². The van der Waals surface area contributed by atoms with Crippen LogP contribution in [-0.4, -0.2) is 48.5 Å². The molecule has 2 saturated heterocycles. The lowest BCUT2D eigenvalue weighted by atomic mass is 9.98. The van der Waals surface area contributed by atoms with Gasteiger partial charge in [-0.3, -0.25) is 4.79 Å². The molecule has 15 heavy (non-hydrogen) atoms. The Morgan fingerprint density at radius 1 is 1.27 bits per heavy atom. The predicted octanol–water partition coefficient (Wildman–Crippen LogP) is 0.952. The molecule has 1 N–H and O–H groups in total. The van der Waals surface area contributed by atoms with Crippen LogP contribution in [0.5, 0.6) is 0 Å². The maximum atomic E-state index is 12.2. The predicted molar refractivity (Wildman–Crippen MR) is 64.1 cm³/mol. The fourth-order valence-electron chi connectivity index (χ4n) is 2.29. The summed E-state index contributed by atoms with van der Waals surface area (Å²) in [6, 6.07) is 0. The molecular formula is C11H20N2OS. The third-order valence-corrected chi connectivity index (χ3v) is 4.23. The lowest BCUT2D eigenvalue weighted by molar-refractivity contribution is -0.135. The van der Waals surface area contributed by atoms with Crippen LogP contribution in [0.4, 0.5) is 0 Å². The number of piperidine rings is 1. The van der Waals surface area contributed by atoms with Crippen molar-refractivity contribution in [3.63, 3.8) is 0 Å². The van der Waals surface area contributed by atoms with Gasteiger partial charge in [-0.15, -0.1) is 0 Å². The van der Waals surface area contributed by atoms with Crippen molar-refractivity contribution < 1.29 is 4.79 Å². The Morgan fingerprint density at radius 3 is 3.00 bits per heavy atom. The molecule has 1 atom stereocenters. The first kappa shape index (κ1) is 11.3. The first-order chi connectivity index (χ1) is 7.38. The highest BCUT2D eigenvalue weighted by Crippen LogP contribution is 2.16. The molecule has 0 aliphatic carbocycles. The third-order valence-electron chi connectivity index (χ3n) is 3.18. The monoisotopic (exact) mass is 228 g/mol. The summed E-state index contributed by atoms with van der Waals surface area (Å²) in [6.45, 7) is 3.91. The van der Waals surface area contributed by atoms with Crippen molar-refractivity contribution in [2.24, 2.45) is 5.92 Å². The minimum Gasteiger partial charge on any atom is -0.342 e.